The Labute approximate surface area is 143 Å². The molecule has 0 saturated carbocycles. The van der Waals surface area contributed by atoms with Gasteiger partial charge in [-0.2, -0.15) is 0 Å². The molecule has 0 radical (unpaired) electrons. The van der Waals surface area contributed by atoms with Gasteiger partial charge in [0.1, 0.15) is 11.4 Å². The summed E-state index contributed by atoms with van der Waals surface area (Å²) in [4.78, 5) is 31.9. The van der Waals surface area contributed by atoms with E-state index in [9.17, 15) is 19.9 Å². The zero-order chi connectivity index (χ0) is 18.3. The molecule has 2 N–H and O–H groups in total. The van der Waals surface area contributed by atoms with Gasteiger partial charge in [0.2, 0.25) is 0 Å². The average Bonchev–Trinajstić information content (AvgIpc) is 2.65. The van der Waals surface area contributed by atoms with E-state index in [4.69, 9.17) is 0 Å². The summed E-state index contributed by atoms with van der Waals surface area (Å²) in [6, 6.07) is 12.6. The normalized spacial score (nSPS) is 10.8. The van der Waals surface area contributed by atoms with Crippen molar-refractivity contribution in [1.29, 1.82) is 0 Å². The Morgan fingerprint density at radius 3 is 1.52 bits per heavy atom. The second kappa shape index (κ2) is 7.95. The van der Waals surface area contributed by atoms with E-state index >= 15 is 0 Å². The van der Waals surface area contributed by atoms with E-state index in [1.807, 2.05) is 0 Å². The number of rotatable bonds is 9. The highest BCUT2D eigenvalue weighted by atomic mass is 16.6. The zero-order valence-corrected chi connectivity index (χ0v) is 13.5. The van der Waals surface area contributed by atoms with Crippen molar-refractivity contribution in [2.45, 2.75) is 12.5 Å². The number of nitroso groups, excluding NO2 is 2. The molecule has 2 aromatic rings. The molecule has 2 aromatic carbocycles. The van der Waals surface area contributed by atoms with Gasteiger partial charge < -0.3 is 10.6 Å². The van der Waals surface area contributed by atoms with Crippen molar-refractivity contribution >= 4 is 22.7 Å². The van der Waals surface area contributed by atoms with Crippen molar-refractivity contribution in [3.63, 3.8) is 0 Å². The fraction of sp³-hybridized carbons (Fsp3) is 0.250. The number of anilines is 2. The summed E-state index contributed by atoms with van der Waals surface area (Å²) >= 11 is 0. The van der Waals surface area contributed by atoms with E-state index in [-0.39, 0.29) is 29.4 Å². The summed E-state index contributed by atoms with van der Waals surface area (Å²) in [5.74, 6) is 0. The van der Waals surface area contributed by atoms with Gasteiger partial charge in [0, 0.05) is 23.2 Å². The lowest BCUT2D eigenvalue weighted by molar-refractivity contribution is -0.556. The minimum atomic E-state index is -1.27. The third kappa shape index (κ3) is 4.80. The first-order chi connectivity index (χ1) is 12.0. The lowest BCUT2D eigenvalue weighted by Gasteiger charge is -2.23. The van der Waals surface area contributed by atoms with Crippen molar-refractivity contribution in [3.05, 3.63) is 68.5 Å². The van der Waals surface area contributed by atoms with E-state index in [2.05, 4.69) is 21.0 Å². The molecular weight excluding hydrogens is 326 g/mol. The highest BCUT2D eigenvalue weighted by Gasteiger charge is 2.36. The number of benzene rings is 2. The fourth-order valence-corrected chi connectivity index (χ4v) is 2.06. The zero-order valence-electron chi connectivity index (χ0n) is 13.5. The van der Waals surface area contributed by atoms with Gasteiger partial charge in [-0.25, -0.2) is 0 Å². The van der Waals surface area contributed by atoms with E-state index < -0.39 is 5.54 Å². The molecule has 0 fully saturated rings. The summed E-state index contributed by atoms with van der Waals surface area (Å²) in [6.07, 6.45) is 0. The molecule has 0 aliphatic rings. The number of nitro groups is 1. The summed E-state index contributed by atoms with van der Waals surface area (Å²) in [7, 11) is 0. The number of nitrogens with one attached hydrogen (secondary N) is 2. The second-order valence-electron chi connectivity index (χ2n) is 5.74. The van der Waals surface area contributed by atoms with Gasteiger partial charge in [-0.1, -0.05) is 0 Å². The number of hydrogen-bond donors (Lipinski definition) is 2. The van der Waals surface area contributed by atoms with Crippen LogP contribution in [0.25, 0.3) is 0 Å². The fourth-order valence-electron chi connectivity index (χ4n) is 2.06. The Bertz CT molecular complexity index is 691. The van der Waals surface area contributed by atoms with Gasteiger partial charge in [-0.05, 0) is 58.9 Å². The van der Waals surface area contributed by atoms with Gasteiger partial charge in [-0.15, -0.1) is 9.81 Å². The van der Waals surface area contributed by atoms with Crippen molar-refractivity contribution in [3.8, 4) is 0 Å². The van der Waals surface area contributed by atoms with Crippen molar-refractivity contribution < 1.29 is 4.92 Å². The monoisotopic (exact) mass is 343 g/mol. The molecule has 0 amide bonds. The molecule has 0 spiro atoms. The number of hydrogen-bond acceptors (Lipinski definition) is 8. The van der Waals surface area contributed by atoms with E-state index in [0.717, 1.165) is 0 Å². The Kier molecular flexibility index (Phi) is 5.72. The van der Waals surface area contributed by atoms with Crippen LogP contribution in [0.15, 0.2) is 58.9 Å². The molecule has 0 bridgehead atoms. The number of nitrogens with zero attached hydrogens (tertiary/aromatic N) is 3. The van der Waals surface area contributed by atoms with Crippen molar-refractivity contribution in [2.75, 3.05) is 23.7 Å². The Morgan fingerprint density at radius 1 is 0.880 bits per heavy atom. The first-order valence-corrected chi connectivity index (χ1v) is 7.46. The average molecular weight is 343 g/mol. The van der Waals surface area contributed by atoms with Crippen LogP contribution in [0.1, 0.15) is 6.92 Å². The van der Waals surface area contributed by atoms with Gasteiger partial charge >= 0.3 is 0 Å². The van der Waals surface area contributed by atoms with Crippen LogP contribution in [0, 0.1) is 19.9 Å². The van der Waals surface area contributed by atoms with Crippen LogP contribution in [-0.2, 0) is 0 Å². The molecule has 0 saturated heterocycles. The molecular formula is C16H17N5O4. The lowest BCUT2D eigenvalue weighted by atomic mass is 10.0. The summed E-state index contributed by atoms with van der Waals surface area (Å²) < 4.78 is 0. The molecule has 0 atom stereocenters. The van der Waals surface area contributed by atoms with Gasteiger partial charge in [0.15, 0.2) is 0 Å². The maximum atomic E-state index is 11.5. The Balaban J connectivity index is 1.99. The predicted octanol–water partition coefficient (Wildman–Crippen LogP) is 4.04. The molecule has 0 unspecified atom stereocenters. The molecule has 0 aliphatic carbocycles. The molecule has 2 rings (SSSR count). The van der Waals surface area contributed by atoms with Crippen molar-refractivity contribution in [2.24, 2.45) is 10.4 Å². The second-order valence-corrected chi connectivity index (χ2v) is 5.74. The van der Waals surface area contributed by atoms with Crippen LogP contribution in [0.5, 0.6) is 0 Å². The highest BCUT2D eigenvalue weighted by molar-refractivity contribution is 5.52. The van der Waals surface area contributed by atoms with Crippen LogP contribution < -0.4 is 10.6 Å². The maximum absolute atomic E-state index is 11.5. The summed E-state index contributed by atoms with van der Waals surface area (Å²) in [5, 5.41) is 23.1. The molecule has 0 heterocycles. The lowest BCUT2D eigenvalue weighted by Crippen LogP contribution is -2.47. The standard InChI is InChI=1S/C16H17N5O4/c1-16(21(24)25,10-17-12-2-6-14(19-22)7-3-12)11-18-13-4-8-15(20-23)9-5-13/h2-9,17-18H,10-11H2,1H3. The third-order valence-electron chi connectivity index (χ3n) is 3.73. The molecule has 0 aromatic heterocycles. The largest absolute Gasteiger partial charge is 0.378 e. The van der Waals surface area contributed by atoms with E-state index in [1.165, 1.54) is 31.2 Å². The molecule has 25 heavy (non-hydrogen) atoms. The molecule has 0 aliphatic heterocycles. The van der Waals surface area contributed by atoms with Gasteiger partial charge in [-0.3, -0.25) is 10.1 Å². The smallest absolute Gasteiger partial charge is 0.253 e. The van der Waals surface area contributed by atoms with Crippen LogP contribution in [0.4, 0.5) is 22.7 Å². The van der Waals surface area contributed by atoms with E-state index in [0.29, 0.717) is 11.4 Å². The third-order valence-corrected chi connectivity index (χ3v) is 3.73. The molecule has 130 valence electrons. The van der Waals surface area contributed by atoms with E-state index in [1.54, 1.807) is 24.3 Å². The first-order valence-electron chi connectivity index (χ1n) is 7.46. The maximum Gasteiger partial charge on any atom is 0.253 e. The van der Waals surface area contributed by atoms with Gasteiger partial charge in [0.05, 0.1) is 13.1 Å². The molecule has 9 nitrogen and oxygen atoms in total. The highest BCUT2D eigenvalue weighted by Crippen LogP contribution is 2.20. The minimum Gasteiger partial charge on any atom is -0.378 e. The summed E-state index contributed by atoms with van der Waals surface area (Å²) in [6.45, 7) is 1.68. The van der Waals surface area contributed by atoms with Crippen LogP contribution in [0.2, 0.25) is 0 Å². The SMILES string of the molecule is CC(CNc1ccc(N=O)cc1)(CNc1ccc(N=O)cc1)[N+](=O)[O-]. The van der Waals surface area contributed by atoms with Crippen LogP contribution in [0.3, 0.4) is 0 Å². The topological polar surface area (TPSA) is 126 Å². The predicted molar refractivity (Wildman–Crippen MR) is 96.2 cm³/mol. The van der Waals surface area contributed by atoms with Crippen LogP contribution >= 0.6 is 0 Å². The molecule has 9 heteroatoms. The van der Waals surface area contributed by atoms with Crippen LogP contribution in [-0.4, -0.2) is 23.6 Å². The minimum absolute atomic E-state index is 0.0782. The van der Waals surface area contributed by atoms with Gasteiger partial charge in [0.25, 0.3) is 5.54 Å². The van der Waals surface area contributed by atoms with Crippen molar-refractivity contribution in [1.82, 2.24) is 0 Å². The quantitative estimate of drug-likeness (QED) is 0.402. The first kappa shape index (κ1) is 18.0. The Hall–Kier alpha value is -3.36. The summed E-state index contributed by atoms with van der Waals surface area (Å²) in [5.41, 5.74) is 0.613. The Morgan fingerprint density at radius 2 is 1.24 bits per heavy atom.